The largest absolute Gasteiger partial charge is 0.392 e. The van der Waals surface area contributed by atoms with Crippen molar-refractivity contribution in [2.24, 2.45) is 5.92 Å². The van der Waals surface area contributed by atoms with Crippen molar-refractivity contribution >= 4 is 0 Å². The van der Waals surface area contributed by atoms with Crippen molar-refractivity contribution < 1.29 is 14.4 Å². The number of hydrogen-bond acceptors (Lipinski definition) is 5. The zero-order chi connectivity index (χ0) is 12.4. The van der Waals surface area contributed by atoms with Crippen molar-refractivity contribution in [1.29, 1.82) is 0 Å². The summed E-state index contributed by atoms with van der Waals surface area (Å²) in [5, 5.41) is 14.0. The van der Waals surface area contributed by atoms with Crippen LogP contribution in [0.25, 0.3) is 0 Å². The van der Waals surface area contributed by atoms with Crippen LogP contribution in [0.4, 0.5) is 0 Å². The Balaban J connectivity index is 1.64. The first-order valence-electron chi connectivity index (χ1n) is 6.91. The van der Waals surface area contributed by atoms with E-state index in [1.807, 2.05) is 0 Å². The summed E-state index contributed by atoms with van der Waals surface area (Å²) in [4.78, 5) is 4.45. The predicted molar refractivity (Wildman–Crippen MR) is 64.1 cm³/mol. The second kappa shape index (κ2) is 5.36. The maximum Gasteiger partial charge on any atom is 0.232 e. The fourth-order valence-electron chi connectivity index (χ4n) is 2.90. The third-order valence-electron chi connectivity index (χ3n) is 4.03. The Labute approximate surface area is 107 Å². The standard InChI is InChI=1S/C13H20N2O3/c16-11-4-2-1-3-10(11)13-14-12(15-18-13)7-9-5-6-17-8-9/h9-11,16H,1-8H2. The highest BCUT2D eigenvalue weighted by atomic mass is 16.5. The molecule has 5 heteroatoms. The first-order valence-corrected chi connectivity index (χ1v) is 6.91. The van der Waals surface area contributed by atoms with E-state index in [0.29, 0.717) is 11.8 Å². The average Bonchev–Trinajstić information content (AvgIpc) is 3.02. The second-order valence-corrected chi connectivity index (χ2v) is 5.44. The SMILES string of the molecule is OC1CCCCC1c1nc(CC2CCOC2)no1. The predicted octanol–water partition coefficient (Wildman–Crippen LogP) is 1.67. The van der Waals surface area contributed by atoms with Crippen LogP contribution in [0.3, 0.4) is 0 Å². The van der Waals surface area contributed by atoms with E-state index in [1.54, 1.807) is 0 Å². The molecule has 3 rings (SSSR count). The molecule has 0 bridgehead atoms. The number of aromatic nitrogens is 2. The van der Waals surface area contributed by atoms with E-state index >= 15 is 0 Å². The quantitative estimate of drug-likeness (QED) is 0.886. The molecule has 1 aliphatic carbocycles. The molecule has 2 fully saturated rings. The minimum atomic E-state index is -0.318. The van der Waals surface area contributed by atoms with E-state index in [1.165, 1.54) is 0 Å². The number of aliphatic hydroxyl groups is 1. The zero-order valence-corrected chi connectivity index (χ0v) is 10.5. The molecule has 100 valence electrons. The Hall–Kier alpha value is -0.940. The first kappa shape index (κ1) is 12.1. The Morgan fingerprint density at radius 3 is 2.89 bits per heavy atom. The van der Waals surface area contributed by atoms with Crippen molar-refractivity contribution in [1.82, 2.24) is 10.1 Å². The molecule has 5 nitrogen and oxygen atoms in total. The molecule has 0 radical (unpaired) electrons. The summed E-state index contributed by atoms with van der Waals surface area (Å²) in [6.07, 6.45) is 5.62. The first-order chi connectivity index (χ1) is 8.83. The Bertz CT molecular complexity index is 387. The van der Waals surface area contributed by atoms with Crippen molar-refractivity contribution in [3.63, 3.8) is 0 Å². The molecule has 1 saturated heterocycles. The highest BCUT2D eigenvalue weighted by Crippen LogP contribution is 2.32. The minimum absolute atomic E-state index is 0.0415. The number of hydrogen-bond donors (Lipinski definition) is 1. The summed E-state index contributed by atoms with van der Waals surface area (Å²) in [7, 11) is 0. The number of nitrogens with zero attached hydrogens (tertiary/aromatic N) is 2. The van der Waals surface area contributed by atoms with Crippen LogP contribution < -0.4 is 0 Å². The molecule has 1 saturated carbocycles. The summed E-state index contributed by atoms with van der Waals surface area (Å²) in [6.45, 7) is 1.65. The van der Waals surface area contributed by atoms with Gasteiger partial charge in [0.2, 0.25) is 5.89 Å². The summed E-state index contributed by atoms with van der Waals surface area (Å²) >= 11 is 0. The molecule has 1 aromatic heterocycles. The number of ether oxygens (including phenoxy) is 1. The molecule has 0 amide bonds. The van der Waals surface area contributed by atoms with Gasteiger partial charge in [-0.15, -0.1) is 0 Å². The molecule has 1 aromatic rings. The summed E-state index contributed by atoms with van der Waals surface area (Å²) in [6, 6.07) is 0. The van der Waals surface area contributed by atoms with Gasteiger partial charge in [-0.3, -0.25) is 0 Å². The highest BCUT2D eigenvalue weighted by molar-refractivity contribution is 4.99. The topological polar surface area (TPSA) is 68.4 Å². The Kier molecular flexibility index (Phi) is 3.61. The van der Waals surface area contributed by atoms with Crippen molar-refractivity contribution in [3.8, 4) is 0 Å². The van der Waals surface area contributed by atoms with Gasteiger partial charge in [-0.2, -0.15) is 4.98 Å². The molecule has 1 N–H and O–H groups in total. The molecule has 3 unspecified atom stereocenters. The highest BCUT2D eigenvalue weighted by Gasteiger charge is 2.29. The van der Waals surface area contributed by atoms with Crippen molar-refractivity contribution in [2.75, 3.05) is 13.2 Å². The maximum absolute atomic E-state index is 9.97. The number of rotatable bonds is 3. The zero-order valence-electron chi connectivity index (χ0n) is 10.5. The fourth-order valence-corrected chi connectivity index (χ4v) is 2.90. The molecule has 2 heterocycles. The van der Waals surface area contributed by atoms with Crippen molar-refractivity contribution in [2.45, 2.75) is 50.5 Å². The molecular formula is C13H20N2O3. The summed E-state index contributed by atoms with van der Waals surface area (Å²) in [5.74, 6) is 1.95. The molecule has 18 heavy (non-hydrogen) atoms. The lowest BCUT2D eigenvalue weighted by molar-refractivity contribution is 0.0908. The van der Waals surface area contributed by atoms with Gasteiger partial charge in [-0.1, -0.05) is 18.0 Å². The van der Waals surface area contributed by atoms with Gasteiger partial charge in [-0.25, -0.2) is 0 Å². The maximum atomic E-state index is 9.97. The van der Waals surface area contributed by atoms with Gasteiger partial charge in [0, 0.05) is 19.6 Å². The minimum Gasteiger partial charge on any atom is -0.392 e. The molecule has 0 aromatic carbocycles. The van der Waals surface area contributed by atoms with Gasteiger partial charge < -0.3 is 14.4 Å². The van der Waals surface area contributed by atoms with Gasteiger partial charge in [0.05, 0.1) is 12.0 Å². The molecular weight excluding hydrogens is 232 g/mol. The van der Waals surface area contributed by atoms with Crippen LogP contribution >= 0.6 is 0 Å². The van der Waals surface area contributed by atoms with Crippen LogP contribution in [0, 0.1) is 5.92 Å². The third kappa shape index (κ3) is 2.57. The Morgan fingerprint density at radius 1 is 1.22 bits per heavy atom. The van der Waals surface area contributed by atoms with E-state index in [-0.39, 0.29) is 12.0 Å². The lowest BCUT2D eigenvalue weighted by Crippen LogP contribution is -2.22. The summed E-state index contributed by atoms with van der Waals surface area (Å²) in [5.41, 5.74) is 0. The van der Waals surface area contributed by atoms with E-state index in [4.69, 9.17) is 9.26 Å². The van der Waals surface area contributed by atoms with E-state index in [9.17, 15) is 5.11 Å². The van der Waals surface area contributed by atoms with E-state index < -0.39 is 0 Å². The lowest BCUT2D eigenvalue weighted by atomic mass is 9.86. The van der Waals surface area contributed by atoms with E-state index in [0.717, 1.165) is 57.6 Å². The van der Waals surface area contributed by atoms with Crippen molar-refractivity contribution in [3.05, 3.63) is 11.7 Å². The van der Waals surface area contributed by atoms with Crippen LogP contribution in [0.1, 0.15) is 49.7 Å². The normalized spacial score (nSPS) is 32.8. The van der Waals surface area contributed by atoms with Gasteiger partial charge in [0.25, 0.3) is 0 Å². The fraction of sp³-hybridized carbons (Fsp3) is 0.846. The van der Waals surface area contributed by atoms with Crippen LogP contribution in [0.15, 0.2) is 4.52 Å². The molecule has 1 aliphatic heterocycles. The molecule has 2 aliphatic rings. The van der Waals surface area contributed by atoms with Gasteiger partial charge in [0.15, 0.2) is 5.82 Å². The van der Waals surface area contributed by atoms with E-state index in [2.05, 4.69) is 10.1 Å². The molecule has 3 atom stereocenters. The van der Waals surface area contributed by atoms with Gasteiger partial charge in [-0.05, 0) is 25.2 Å². The van der Waals surface area contributed by atoms with Crippen LogP contribution in [0.2, 0.25) is 0 Å². The van der Waals surface area contributed by atoms with Crippen LogP contribution in [-0.4, -0.2) is 34.6 Å². The van der Waals surface area contributed by atoms with Crippen LogP contribution in [-0.2, 0) is 11.2 Å². The van der Waals surface area contributed by atoms with Gasteiger partial charge >= 0.3 is 0 Å². The second-order valence-electron chi connectivity index (χ2n) is 5.44. The van der Waals surface area contributed by atoms with Gasteiger partial charge in [0.1, 0.15) is 0 Å². The van der Waals surface area contributed by atoms with Crippen LogP contribution in [0.5, 0.6) is 0 Å². The molecule has 0 spiro atoms. The monoisotopic (exact) mass is 252 g/mol. The summed E-state index contributed by atoms with van der Waals surface area (Å²) < 4.78 is 10.7. The third-order valence-corrected chi connectivity index (χ3v) is 4.03. The average molecular weight is 252 g/mol. The number of aliphatic hydroxyl groups excluding tert-OH is 1. The smallest absolute Gasteiger partial charge is 0.232 e. The Morgan fingerprint density at radius 2 is 2.11 bits per heavy atom. The lowest BCUT2D eigenvalue weighted by Gasteiger charge is -2.24.